The van der Waals surface area contributed by atoms with Crippen LogP contribution in [-0.4, -0.2) is 31.1 Å². The molecule has 0 aromatic heterocycles. The van der Waals surface area contributed by atoms with Crippen LogP contribution in [0.2, 0.25) is 0 Å². The Morgan fingerprint density at radius 3 is 2.95 bits per heavy atom. The lowest BCUT2D eigenvalue weighted by atomic mass is 9.95. The number of hydrogen-bond acceptors (Lipinski definition) is 3. The first kappa shape index (κ1) is 16.0. The zero-order chi connectivity index (χ0) is 15.2. The average molecular weight is 290 g/mol. The maximum atomic E-state index is 12.2. The standard InChI is InChI=1S/C17H26N2O2/c1-3-4-5-17(20)19-9-8-13-6-7-14(10-15(13)11-19)16(18)12-21-2/h6-7,10,16H,3-5,8-9,11-12,18H2,1-2H3. The molecule has 0 saturated heterocycles. The van der Waals surface area contributed by atoms with Gasteiger partial charge in [0.05, 0.1) is 12.6 Å². The van der Waals surface area contributed by atoms with Gasteiger partial charge < -0.3 is 15.4 Å². The van der Waals surface area contributed by atoms with Crippen molar-refractivity contribution in [3.8, 4) is 0 Å². The van der Waals surface area contributed by atoms with E-state index >= 15 is 0 Å². The highest BCUT2D eigenvalue weighted by Gasteiger charge is 2.21. The first-order chi connectivity index (χ1) is 10.2. The minimum Gasteiger partial charge on any atom is -0.383 e. The largest absolute Gasteiger partial charge is 0.383 e. The number of ether oxygens (including phenoxy) is 1. The topological polar surface area (TPSA) is 55.6 Å². The molecule has 1 aromatic rings. The van der Waals surface area contributed by atoms with Crippen LogP contribution in [0.4, 0.5) is 0 Å². The molecule has 2 N–H and O–H groups in total. The Bertz CT molecular complexity index is 488. The van der Waals surface area contributed by atoms with E-state index in [4.69, 9.17) is 10.5 Å². The lowest BCUT2D eigenvalue weighted by Gasteiger charge is -2.29. The van der Waals surface area contributed by atoms with Crippen LogP contribution >= 0.6 is 0 Å². The van der Waals surface area contributed by atoms with Gasteiger partial charge >= 0.3 is 0 Å². The molecular weight excluding hydrogens is 264 g/mol. The zero-order valence-corrected chi connectivity index (χ0v) is 13.1. The van der Waals surface area contributed by atoms with E-state index in [-0.39, 0.29) is 11.9 Å². The predicted molar refractivity (Wildman–Crippen MR) is 83.9 cm³/mol. The highest BCUT2D eigenvalue weighted by molar-refractivity contribution is 5.76. The number of hydrogen-bond donors (Lipinski definition) is 1. The molecule has 1 unspecified atom stereocenters. The molecule has 0 aliphatic carbocycles. The molecule has 4 nitrogen and oxygen atoms in total. The van der Waals surface area contributed by atoms with Crippen LogP contribution in [0.5, 0.6) is 0 Å². The van der Waals surface area contributed by atoms with Gasteiger partial charge in [-0.2, -0.15) is 0 Å². The van der Waals surface area contributed by atoms with Crippen molar-refractivity contribution in [3.63, 3.8) is 0 Å². The predicted octanol–water partition coefficient (Wildman–Crippen LogP) is 2.41. The Morgan fingerprint density at radius 2 is 2.24 bits per heavy atom. The number of benzene rings is 1. The Kier molecular flexibility index (Phi) is 5.76. The van der Waals surface area contributed by atoms with Gasteiger partial charge in [-0.1, -0.05) is 31.5 Å². The molecule has 116 valence electrons. The second-order valence-corrected chi connectivity index (χ2v) is 5.76. The Morgan fingerprint density at radius 1 is 1.43 bits per heavy atom. The second kappa shape index (κ2) is 7.57. The van der Waals surface area contributed by atoms with E-state index in [1.165, 1.54) is 11.1 Å². The van der Waals surface area contributed by atoms with Gasteiger partial charge in [-0.15, -0.1) is 0 Å². The molecule has 1 aliphatic heterocycles. The third-order valence-electron chi connectivity index (χ3n) is 4.11. The smallest absolute Gasteiger partial charge is 0.222 e. The number of carbonyl (C=O) groups excluding carboxylic acids is 1. The molecule has 0 spiro atoms. The maximum Gasteiger partial charge on any atom is 0.222 e. The summed E-state index contributed by atoms with van der Waals surface area (Å²) in [5.41, 5.74) is 9.74. The molecule has 0 fully saturated rings. The zero-order valence-electron chi connectivity index (χ0n) is 13.1. The molecule has 1 heterocycles. The van der Waals surface area contributed by atoms with E-state index in [1.807, 2.05) is 4.90 Å². The van der Waals surface area contributed by atoms with E-state index in [1.54, 1.807) is 7.11 Å². The molecule has 0 bridgehead atoms. The van der Waals surface area contributed by atoms with Gasteiger partial charge in [-0.05, 0) is 29.5 Å². The van der Waals surface area contributed by atoms with Gasteiger partial charge in [0.2, 0.25) is 5.91 Å². The second-order valence-electron chi connectivity index (χ2n) is 5.76. The SMILES string of the molecule is CCCCC(=O)N1CCc2ccc(C(N)COC)cc2C1. The monoisotopic (exact) mass is 290 g/mol. The van der Waals surface area contributed by atoms with Crippen LogP contribution < -0.4 is 5.73 Å². The maximum absolute atomic E-state index is 12.2. The van der Waals surface area contributed by atoms with Crippen LogP contribution in [0, 0.1) is 0 Å². The molecule has 1 aromatic carbocycles. The molecule has 1 amide bonds. The summed E-state index contributed by atoms with van der Waals surface area (Å²) in [6.45, 7) is 4.17. The summed E-state index contributed by atoms with van der Waals surface area (Å²) in [4.78, 5) is 14.1. The van der Waals surface area contributed by atoms with Crippen molar-refractivity contribution in [1.29, 1.82) is 0 Å². The first-order valence-electron chi connectivity index (χ1n) is 7.79. The summed E-state index contributed by atoms with van der Waals surface area (Å²) in [5.74, 6) is 0.272. The van der Waals surface area contributed by atoms with Crippen LogP contribution in [0.25, 0.3) is 0 Å². The summed E-state index contributed by atoms with van der Waals surface area (Å²) in [6.07, 6.45) is 3.63. The van der Waals surface area contributed by atoms with Crippen molar-refractivity contribution in [2.24, 2.45) is 5.73 Å². The molecule has 21 heavy (non-hydrogen) atoms. The number of unbranched alkanes of at least 4 members (excludes halogenated alkanes) is 1. The van der Waals surface area contributed by atoms with Gasteiger partial charge in [0, 0.05) is 26.6 Å². The number of carbonyl (C=O) groups is 1. The molecule has 1 aliphatic rings. The van der Waals surface area contributed by atoms with Gasteiger partial charge in [0.25, 0.3) is 0 Å². The van der Waals surface area contributed by atoms with E-state index in [9.17, 15) is 4.79 Å². The van der Waals surface area contributed by atoms with Crippen molar-refractivity contribution in [1.82, 2.24) is 4.90 Å². The van der Waals surface area contributed by atoms with E-state index in [0.29, 0.717) is 19.6 Å². The Hall–Kier alpha value is -1.39. The summed E-state index contributed by atoms with van der Waals surface area (Å²) in [5, 5.41) is 0. The van der Waals surface area contributed by atoms with Crippen LogP contribution in [0.15, 0.2) is 18.2 Å². The third-order valence-corrected chi connectivity index (χ3v) is 4.11. The summed E-state index contributed by atoms with van der Waals surface area (Å²) >= 11 is 0. The highest BCUT2D eigenvalue weighted by atomic mass is 16.5. The molecule has 4 heteroatoms. The number of fused-ring (bicyclic) bond motifs is 1. The molecule has 0 saturated carbocycles. The number of methoxy groups -OCH3 is 1. The number of nitrogens with zero attached hydrogens (tertiary/aromatic N) is 1. The van der Waals surface area contributed by atoms with Crippen molar-refractivity contribution in [3.05, 3.63) is 34.9 Å². The quantitative estimate of drug-likeness (QED) is 0.875. The van der Waals surface area contributed by atoms with Gasteiger partial charge in [-0.3, -0.25) is 4.79 Å². The lowest BCUT2D eigenvalue weighted by molar-refractivity contribution is -0.132. The first-order valence-corrected chi connectivity index (χ1v) is 7.79. The van der Waals surface area contributed by atoms with E-state index < -0.39 is 0 Å². The average Bonchev–Trinajstić information content (AvgIpc) is 2.51. The van der Waals surface area contributed by atoms with E-state index in [0.717, 1.165) is 31.4 Å². The Labute approximate surface area is 127 Å². The lowest BCUT2D eigenvalue weighted by Crippen LogP contribution is -2.36. The highest BCUT2D eigenvalue weighted by Crippen LogP contribution is 2.23. The van der Waals surface area contributed by atoms with Crippen molar-refractivity contribution >= 4 is 5.91 Å². The van der Waals surface area contributed by atoms with Crippen molar-refractivity contribution in [2.45, 2.75) is 45.2 Å². The van der Waals surface area contributed by atoms with E-state index in [2.05, 4.69) is 25.1 Å². The van der Waals surface area contributed by atoms with Crippen LogP contribution in [0.1, 0.15) is 48.9 Å². The van der Waals surface area contributed by atoms with Crippen molar-refractivity contribution < 1.29 is 9.53 Å². The summed E-state index contributed by atoms with van der Waals surface area (Å²) in [7, 11) is 1.66. The normalized spacial score (nSPS) is 15.7. The fraction of sp³-hybridized carbons (Fsp3) is 0.588. The number of amides is 1. The summed E-state index contributed by atoms with van der Waals surface area (Å²) < 4.78 is 5.12. The third kappa shape index (κ3) is 4.05. The minimum absolute atomic E-state index is 0.105. The fourth-order valence-electron chi connectivity index (χ4n) is 2.78. The number of nitrogens with two attached hydrogens (primary N) is 1. The summed E-state index contributed by atoms with van der Waals surface area (Å²) in [6, 6.07) is 6.26. The van der Waals surface area contributed by atoms with Crippen molar-refractivity contribution in [2.75, 3.05) is 20.3 Å². The van der Waals surface area contributed by atoms with Crippen LogP contribution in [-0.2, 0) is 22.5 Å². The Balaban J connectivity index is 2.07. The molecule has 1 atom stereocenters. The van der Waals surface area contributed by atoms with Gasteiger partial charge in [0.15, 0.2) is 0 Å². The molecular formula is C17H26N2O2. The van der Waals surface area contributed by atoms with Gasteiger partial charge in [-0.25, -0.2) is 0 Å². The van der Waals surface area contributed by atoms with Crippen LogP contribution in [0.3, 0.4) is 0 Å². The van der Waals surface area contributed by atoms with Gasteiger partial charge in [0.1, 0.15) is 0 Å². The fourth-order valence-corrected chi connectivity index (χ4v) is 2.78. The minimum atomic E-state index is -0.105. The number of rotatable bonds is 6. The molecule has 0 radical (unpaired) electrons. The molecule has 2 rings (SSSR count).